The van der Waals surface area contributed by atoms with Crippen molar-refractivity contribution in [3.8, 4) is 0 Å². The van der Waals surface area contributed by atoms with Gasteiger partial charge in [-0.05, 0) is 13.3 Å². The van der Waals surface area contributed by atoms with E-state index < -0.39 is 0 Å². The Kier molecular flexibility index (Phi) is 10.5. The Morgan fingerprint density at radius 3 is 2.25 bits per heavy atom. The van der Waals surface area contributed by atoms with E-state index in [0.717, 1.165) is 6.42 Å². The predicted molar refractivity (Wildman–Crippen MR) is 33.2 cm³/mol. The van der Waals surface area contributed by atoms with Crippen molar-refractivity contribution in [2.75, 3.05) is 6.54 Å². The minimum atomic E-state index is 0. The molecule has 2 heteroatoms. The van der Waals surface area contributed by atoms with E-state index in [9.17, 15) is 0 Å². The van der Waals surface area contributed by atoms with E-state index in [4.69, 9.17) is 5.73 Å². The number of rotatable bonds is 2. The molecule has 8 heavy (non-hydrogen) atoms. The Bertz CT molecular complexity index is 68.9. The Labute approximate surface area is 66.8 Å². The predicted octanol–water partition coefficient (Wildman–Crippen LogP) is 2.39. The van der Waals surface area contributed by atoms with Crippen LogP contribution in [0, 0.1) is 0 Å². The third-order valence-corrected chi connectivity index (χ3v) is 0.831. The fourth-order valence-electron chi connectivity index (χ4n) is 0.421. The van der Waals surface area contributed by atoms with Crippen molar-refractivity contribution in [3.05, 3.63) is 17.4 Å². The molecule has 0 heterocycles. The average molecular weight is 279 g/mol. The molecule has 1 radical (unpaired) electrons. The van der Waals surface area contributed by atoms with Crippen molar-refractivity contribution in [2.24, 2.45) is 0 Å². The van der Waals surface area contributed by atoms with Gasteiger partial charge in [-0.1, -0.05) is 18.6 Å². The second-order valence-corrected chi connectivity index (χ2v) is 1.64. The van der Waals surface area contributed by atoms with Gasteiger partial charge in [-0.3, -0.25) is 0 Å². The fourth-order valence-corrected chi connectivity index (χ4v) is 0.421. The van der Waals surface area contributed by atoms with Crippen molar-refractivity contribution in [1.82, 2.24) is 0 Å². The van der Waals surface area contributed by atoms with Crippen LogP contribution >= 0.6 is 0 Å². The molecule has 0 saturated carbocycles. The molecule has 1 N–H and O–H groups in total. The molecule has 0 aliphatic rings. The summed E-state index contributed by atoms with van der Waals surface area (Å²) in [5.41, 5.74) is 8.01. The van der Waals surface area contributed by atoms with Gasteiger partial charge in [0.2, 0.25) is 0 Å². The smallest absolute Gasteiger partial charge is 0 e. The van der Waals surface area contributed by atoms with Crippen LogP contribution < -0.4 is 0 Å². The number of nitrogens with one attached hydrogen (secondary N) is 1. The molecular formula is C6H12NTa-. The second kappa shape index (κ2) is 7.44. The molecule has 0 fully saturated rings. The van der Waals surface area contributed by atoms with Gasteiger partial charge in [0.05, 0.1) is 0 Å². The van der Waals surface area contributed by atoms with E-state index in [2.05, 4.69) is 13.0 Å². The molecule has 0 aromatic rings. The van der Waals surface area contributed by atoms with Gasteiger partial charge in [0, 0.05) is 22.4 Å². The molecule has 0 spiro atoms. The SMILES string of the molecule is CC/C=C(/C)C[NH-].[Ta]. The summed E-state index contributed by atoms with van der Waals surface area (Å²) in [6.45, 7) is 4.52. The Morgan fingerprint density at radius 1 is 1.62 bits per heavy atom. The minimum absolute atomic E-state index is 0. The standard InChI is InChI=1S/C6H12N.Ta/c1-3-4-6(2)5-7;/h4,7H,3,5H2,1-2H3;/q-1;/b6-4-;. The molecule has 0 aromatic heterocycles. The molecular weight excluding hydrogens is 267 g/mol. The number of hydrogen-bond acceptors (Lipinski definition) is 0. The summed E-state index contributed by atoms with van der Waals surface area (Å²) in [6.07, 6.45) is 3.14. The summed E-state index contributed by atoms with van der Waals surface area (Å²) in [6, 6.07) is 0. The van der Waals surface area contributed by atoms with E-state index in [1.54, 1.807) is 0 Å². The first kappa shape index (κ1) is 11.3. The second-order valence-electron chi connectivity index (χ2n) is 1.64. The average Bonchev–Trinajstić information content (AvgIpc) is 1.68. The molecule has 47 valence electrons. The summed E-state index contributed by atoms with van der Waals surface area (Å²) in [5, 5.41) is 0. The maximum absolute atomic E-state index is 6.84. The largest absolute Gasteiger partial charge is 0.674 e. The van der Waals surface area contributed by atoms with Crippen LogP contribution in [-0.4, -0.2) is 6.54 Å². The first-order chi connectivity index (χ1) is 3.31. The summed E-state index contributed by atoms with van der Waals surface area (Å²) in [5.74, 6) is 0. The van der Waals surface area contributed by atoms with E-state index >= 15 is 0 Å². The van der Waals surface area contributed by atoms with Gasteiger partial charge in [0.25, 0.3) is 0 Å². The van der Waals surface area contributed by atoms with E-state index in [1.165, 1.54) is 5.57 Å². The zero-order valence-electron chi connectivity index (χ0n) is 5.44. The van der Waals surface area contributed by atoms with Crippen molar-refractivity contribution >= 4 is 0 Å². The van der Waals surface area contributed by atoms with Crippen molar-refractivity contribution in [3.63, 3.8) is 0 Å². The fraction of sp³-hybridized carbons (Fsp3) is 0.667. The third kappa shape index (κ3) is 6.44. The van der Waals surface area contributed by atoms with E-state index in [1.807, 2.05) is 6.92 Å². The molecule has 0 bridgehead atoms. The zero-order valence-corrected chi connectivity index (χ0v) is 8.65. The minimum Gasteiger partial charge on any atom is -0.674 e. The van der Waals surface area contributed by atoms with Crippen LogP contribution in [-0.2, 0) is 22.4 Å². The summed E-state index contributed by atoms with van der Waals surface area (Å²) < 4.78 is 0. The van der Waals surface area contributed by atoms with Crippen molar-refractivity contribution in [2.45, 2.75) is 20.3 Å². The normalized spacial score (nSPS) is 10.6. The van der Waals surface area contributed by atoms with E-state index in [-0.39, 0.29) is 22.4 Å². The van der Waals surface area contributed by atoms with Gasteiger partial charge in [0.1, 0.15) is 0 Å². The van der Waals surface area contributed by atoms with Crippen LogP contribution in [0.15, 0.2) is 11.6 Å². The maximum atomic E-state index is 6.84. The van der Waals surface area contributed by atoms with Gasteiger partial charge in [-0.2, -0.15) is 0 Å². The van der Waals surface area contributed by atoms with Gasteiger partial charge in [-0.15, -0.1) is 6.54 Å². The Hall–Kier alpha value is 0.440. The molecule has 0 rings (SSSR count). The van der Waals surface area contributed by atoms with E-state index in [0.29, 0.717) is 6.54 Å². The number of hydrogen-bond donors (Lipinski definition) is 0. The summed E-state index contributed by atoms with van der Waals surface area (Å²) >= 11 is 0. The summed E-state index contributed by atoms with van der Waals surface area (Å²) in [7, 11) is 0. The molecule has 1 nitrogen and oxygen atoms in total. The van der Waals surface area contributed by atoms with Crippen LogP contribution in [0.5, 0.6) is 0 Å². The van der Waals surface area contributed by atoms with Crippen molar-refractivity contribution < 1.29 is 22.4 Å². The topological polar surface area (TPSA) is 23.8 Å². The summed E-state index contributed by atoms with van der Waals surface area (Å²) in [4.78, 5) is 0. The van der Waals surface area contributed by atoms with Gasteiger partial charge in [0.15, 0.2) is 0 Å². The molecule has 0 unspecified atom stereocenters. The molecule has 0 aliphatic heterocycles. The molecule has 0 saturated heterocycles. The maximum Gasteiger partial charge on any atom is 0 e. The molecule has 0 atom stereocenters. The van der Waals surface area contributed by atoms with Crippen LogP contribution in [0.3, 0.4) is 0 Å². The molecule has 0 amide bonds. The van der Waals surface area contributed by atoms with Crippen LogP contribution in [0.4, 0.5) is 0 Å². The quantitative estimate of drug-likeness (QED) is 0.693. The van der Waals surface area contributed by atoms with Gasteiger partial charge >= 0.3 is 0 Å². The molecule has 0 aliphatic carbocycles. The third-order valence-electron chi connectivity index (χ3n) is 0.831. The van der Waals surface area contributed by atoms with Gasteiger partial charge < -0.3 is 5.73 Å². The Morgan fingerprint density at radius 2 is 2.12 bits per heavy atom. The monoisotopic (exact) mass is 279 g/mol. The Balaban J connectivity index is 0. The zero-order chi connectivity index (χ0) is 5.70. The van der Waals surface area contributed by atoms with Crippen LogP contribution in [0.1, 0.15) is 20.3 Å². The molecule has 0 aromatic carbocycles. The van der Waals surface area contributed by atoms with Gasteiger partial charge in [-0.25, -0.2) is 0 Å². The van der Waals surface area contributed by atoms with Crippen LogP contribution in [0.25, 0.3) is 5.73 Å². The first-order valence-electron chi connectivity index (χ1n) is 2.61. The van der Waals surface area contributed by atoms with Crippen LogP contribution in [0.2, 0.25) is 0 Å². The number of allylic oxidation sites excluding steroid dienone is 1. The first-order valence-corrected chi connectivity index (χ1v) is 2.61. The van der Waals surface area contributed by atoms with Crippen molar-refractivity contribution in [1.29, 1.82) is 0 Å².